The number of nitrogens with two attached hydrogens (primary N) is 1. The summed E-state index contributed by atoms with van der Waals surface area (Å²) in [5.41, 5.74) is 7.97. The van der Waals surface area contributed by atoms with E-state index in [9.17, 15) is 4.39 Å². The number of nitrogens with one attached hydrogen (secondary N) is 1. The van der Waals surface area contributed by atoms with Gasteiger partial charge in [0.05, 0.1) is 0 Å². The van der Waals surface area contributed by atoms with Crippen LogP contribution in [-0.4, -0.2) is 0 Å². The molecule has 0 aliphatic heterocycles. The summed E-state index contributed by atoms with van der Waals surface area (Å²) in [6, 6.07) is 10.5. The van der Waals surface area contributed by atoms with Crippen LogP contribution in [0.15, 0.2) is 40.9 Å². The Balaban J connectivity index is 2.13. The molecule has 0 fully saturated rings. The molecule has 0 aromatic heterocycles. The molecule has 0 bridgehead atoms. The van der Waals surface area contributed by atoms with Crippen LogP contribution in [0.3, 0.4) is 0 Å². The highest BCUT2D eigenvalue weighted by molar-refractivity contribution is 14.1. The van der Waals surface area contributed by atoms with Gasteiger partial charge in [-0.3, -0.25) is 0 Å². The normalized spacial score (nSPS) is 10.4. The highest BCUT2D eigenvalue weighted by Gasteiger charge is 2.04. The van der Waals surface area contributed by atoms with Crippen LogP contribution in [0.2, 0.25) is 0 Å². The van der Waals surface area contributed by atoms with Crippen LogP contribution in [-0.2, 0) is 6.54 Å². The Kier molecular flexibility index (Phi) is 4.45. The maximum absolute atomic E-state index is 13.6. The van der Waals surface area contributed by atoms with E-state index in [4.69, 9.17) is 5.73 Å². The molecule has 2 nitrogen and oxygen atoms in total. The smallest absolute Gasteiger partial charge is 0.128 e. The summed E-state index contributed by atoms with van der Waals surface area (Å²) < 4.78 is 15.4. The molecule has 2 aromatic rings. The first kappa shape index (κ1) is 13.6. The standard InChI is InChI=1S/C13H11BrFIN2/c14-9-1-3-11(15)8(5-9)7-18-13-4-2-10(17)6-12(13)16/h1-6,18H,7,17H2. The van der Waals surface area contributed by atoms with Crippen molar-refractivity contribution in [1.29, 1.82) is 0 Å². The van der Waals surface area contributed by atoms with E-state index in [2.05, 4.69) is 43.8 Å². The van der Waals surface area contributed by atoms with E-state index in [1.165, 1.54) is 6.07 Å². The van der Waals surface area contributed by atoms with E-state index >= 15 is 0 Å². The summed E-state index contributed by atoms with van der Waals surface area (Å²) in [7, 11) is 0. The average Bonchev–Trinajstić information content (AvgIpc) is 2.32. The second-order valence-electron chi connectivity index (χ2n) is 3.83. The van der Waals surface area contributed by atoms with Gasteiger partial charge in [-0.1, -0.05) is 15.9 Å². The topological polar surface area (TPSA) is 38.0 Å². The van der Waals surface area contributed by atoms with Crippen LogP contribution in [0.25, 0.3) is 0 Å². The molecule has 0 heterocycles. The van der Waals surface area contributed by atoms with Crippen molar-refractivity contribution in [1.82, 2.24) is 0 Å². The molecule has 5 heteroatoms. The summed E-state index contributed by atoms with van der Waals surface area (Å²) in [5.74, 6) is -0.212. The predicted molar refractivity (Wildman–Crippen MR) is 85.0 cm³/mol. The van der Waals surface area contributed by atoms with Gasteiger partial charge in [0, 0.05) is 31.5 Å². The Hall–Kier alpha value is -0.820. The second kappa shape index (κ2) is 5.88. The number of hydrogen-bond acceptors (Lipinski definition) is 2. The van der Waals surface area contributed by atoms with Crippen molar-refractivity contribution >= 4 is 49.9 Å². The van der Waals surface area contributed by atoms with Gasteiger partial charge in [0.15, 0.2) is 0 Å². The van der Waals surface area contributed by atoms with E-state index in [0.29, 0.717) is 12.1 Å². The van der Waals surface area contributed by atoms with Gasteiger partial charge in [-0.15, -0.1) is 0 Å². The van der Waals surface area contributed by atoms with Crippen LogP contribution in [0.1, 0.15) is 5.56 Å². The van der Waals surface area contributed by atoms with Crippen molar-refractivity contribution in [3.05, 3.63) is 55.8 Å². The molecule has 18 heavy (non-hydrogen) atoms. The predicted octanol–water partition coefficient (Wildman–Crippen LogP) is 4.39. The molecule has 0 unspecified atom stereocenters. The van der Waals surface area contributed by atoms with Crippen LogP contribution < -0.4 is 11.1 Å². The lowest BCUT2D eigenvalue weighted by Gasteiger charge is -2.10. The van der Waals surface area contributed by atoms with Gasteiger partial charge in [-0.25, -0.2) is 4.39 Å². The van der Waals surface area contributed by atoms with Crippen LogP contribution in [0.4, 0.5) is 15.8 Å². The Labute approximate surface area is 127 Å². The van der Waals surface area contributed by atoms with E-state index in [0.717, 1.165) is 19.4 Å². The van der Waals surface area contributed by atoms with Gasteiger partial charge < -0.3 is 11.1 Å². The van der Waals surface area contributed by atoms with Gasteiger partial charge in [0.2, 0.25) is 0 Å². The molecular formula is C13H11BrFIN2. The number of hydrogen-bond donors (Lipinski definition) is 2. The molecule has 0 saturated carbocycles. The zero-order valence-corrected chi connectivity index (χ0v) is 13.1. The van der Waals surface area contributed by atoms with Crippen molar-refractivity contribution in [2.24, 2.45) is 0 Å². The molecule has 0 saturated heterocycles. The number of nitrogen functional groups attached to an aromatic ring is 1. The molecule has 0 atom stereocenters. The minimum absolute atomic E-state index is 0.212. The monoisotopic (exact) mass is 420 g/mol. The van der Waals surface area contributed by atoms with Crippen molar-refractivity contribution in [3.8, 4) is 0 Å². The minimum atomic E-state index is -0.212. The first-order chi connectivity index (χ1) is 8.56. The first-order valence-corrected chi connectivity index (χ1v) is 7.16. The molecule has 3 N–H and O–H groups in total. The number of benzene rings is 2. The van der Waals surface area contributed by atoms with Crippen LogP contribution >= 0.6 is 38.5 Å². The molecule has 2 aromatic carbocycles. The molecule has 0 amide bonds. The summed E-state index contributed by atoms with van der Waals surface area (Å²) >= 11 is 5.53. The Morgan fingerprint density at radius 1 is 1.22 bits per heavy atom. The fourth-order valence-electron chi connectivity index (χ4n) is 1.54. The zero-order valence-electron chi connectivity index (χ0n) is 9.38. The van der Waals surface area contributed by atoms with Gasteiger partial charge in [0.1, 0.15) is 5.82 Å². The van der Waals surface area contributed by atoms with E-state index < -0.39 is 0 Å². The van der Waals surface area contributed by atoms with Gasteiger partial charge in [-0.2, -0.15) is 0 Å². The molecule has 0 spiro atoms. The third kappa shape index (κ3) is 3.35. The summed E-state index contributed by atoms with van der Waals surface area (Å²) in [4.78, 5) is 0. The molecular weight excluding hydrogens is 410 g/mol. The van der Waals surface area contributed by atoms with Gasteiger partial charge >= 0.3 is 0 Å². The first-order valence-electron chi connectivity index (χ1n) is 5.29. The highest BCUT2D eigenvalue weighted by atomic mass is 127. The lowest BCUT2D eigenvalue weighted by Crippen LogP contribution is -2.03. The summed E-state index contributed by atoms with van der Waals surface area (Å²) in [5, 5.41) is 3.20. The van der Waals surface area contributed by atoms with Crippen LogP contribution in [0.5, 0.6) is 0 Å². The third-order valence-electron chi connectivity index (χ3n) is 2.47. The Morgan fingerprint density at radius 2 is 2.00 bits per heavy atom. The fraction of sp³-hybridized carbons (Fsp3) is 0.0769. The number of anilines is 2. The van der Waals surface area contributed by atoms with Crippen LogP contribution in [0, 0.1) is 9.39 Å². The maximum atomic E-state index is 13.6. The summed E-state index contributed by atoms with van der Waals surface area (Å²) in [6.45, 7) is 0.436. The van der Waals surface area contributed by atoms with E-state index in [1.54, 1.807) is 12.1 Å². The lowest BCUT2D eigenvalue weighted by molar-refractivity contribution is 0.612. The Bertz CT molecular complexity index is 575. The van der Waals surface area contributed by atoms with Crippen molar-refractivity contribution in [3.63, 3.8) is 0 Å². The Morgan fingerprint density at radius 3 is 2.72 bits per heavy atom. The third-order valence-corrected chi connectivity index (χ3v) is 3.86. The van der Waals surface area contributed by atoms with Crippen molar-refractivity contribution in [2.45, 2.75) is 6.54 Å². The SMILES string of the molecule is Nc1ccc(NCc2cc(Br)ccc2F)c(I)c1. The zero-order chi connectivity index (χ0) is 13.1. The quantitative estimate of drug-likeness (QED) is 0.571. The largest absolute Gasteiger partial charge is 0.399 e. The molecule has 2 rings (SSSR count). The average molecular weight is 421 g/mol. The van der Waals surface area contributed by atoms with E-state index in [-0.39, 0.29) is 5.82 Å². The molecule has 0 aliphatic rings. The summed E-state index contributed by atoms with van der Waals surface area (Å²) in [6.07, 6.45) is 0. The number of halogens is 3. The number of rotatable bonds is 3. The maximum Gasteiger partial charge on any atom is 0.128 e. The second-order valence-corrected chi connectivity index (χ2v) is 5.91. The van der Waals surface area contributed by atoms with E-state index in [1.807, 2.05) is 18.2 Å². The van der Waals surface area contributed by atoms with Gasteiger partial charge in [0.25, 0.3) is 0 Å². The fourth-order valence-corrected chi connectivity index (χ4v) is 2.68. The highest BCUT2D eigenvalue weighted by Crippen LogP contribution is 2.22. The lowest BCUT2D eigenvalue weighted by atomic mass is 10.2. The van der Waals surface area contributed by atoms with Gasteiger partial charge in [-0.05, 0) is 59.0 Å². The molecule has 94 valence electrons. The molecule has 0 radical (unpaired) electrons. The van der Waals surface area contributed by atoms with Crippen molar-refractivity contribution in [2.75, 3.05) is 11.1 Å². The van der Waals surface area contributed by atoms with Crippen molar-refractivity contribution < 1.29 is 4.39 Å². The molecule has 0 aliphatic carbocycles. The minimum Gasteiger partial charge on any atom is -0.399 e.